The highest BCUT2D eigenvalue weighted by Gasteiger charge is 1.94. The fourth-order valence-corrected chi connectivity index (χ4v) is 1.01. The summed E-state index contributed by atoms with van der Waals surface area (Å²) in [5.41, 5.74) is 6.53. The first-order valence-corrected chi connectivity index (χ1v) is 4.01. The number of benzene rings is 1. The van der Waals surface area contributed by atoms with Crippen molar-refractivity contribution in [2.24, 2.45) is 10.7 Å². The van der Waals surface area contributed by atoms with Crippen LogP contribution >= 0.6 is 15.9 Å². The van der Waals surface area contributed by atoms with E-state index in [2.05, 4.69) is 20.9 Å². The monoisotopic (exact) mass is 212 g/mol. The first-order valence-electron chi connectivity index (χ1n) is 3.22. The summed E-state index contributed by atoms with van der Waals surface area (Å²) in [5.74, 6) is 0.567. The average Bonchev–Trinajstić information content (AvgIpc) is 2.05. The summed E-state index contributed by atoms with van der Waals surface area (Å²) in [6.07, 6.45) is 0. The zero-order valence-corrected chi connectivity index (χ0v) is 7.80. The highest BCUT2D eigenvalue weighted by Crippen LogP contribution is 2.09. The highest BCUT2D eigenvalue weighted by molar-refractivity contribution is 9.10. The molecule has 11 heavy (non-hydrogen) atoms. The van der Waals surface area contributed by atoms with Crippen molar-refractivity contribution in [3.63, 3.8) is 0 Å². The standard InChI is InChI=1S/C8H9BrN2/c1-11-8(10)6-2-4-7(9)5-3-6/h2-5H,1H3,(H2,10,11). The second-order valence-electron chi connectivity index (χ2n) is 2.12. The molecular weight excluding hydrogens is 204 g/mol. The van der Waals surface area contributed by atoms with Crippen molar-refractivity contribution in [2.75, 3.05) is 7.05 Å². The van der Waals surface area contributed by atoms with Crippen LogP contribution in [0.2, 0.25) is 0 Å². The lowest BCUT2D eigenvalue weighted by atomic mass is 10.2. The van der Waals surface area contributed by atoms with Crippen LogP contribution < -0.4 is 5.73 Å². The zero-order chi connectivity index (χ0) is 8.27. The van der Waals surface area contributed by atoms with E-state index in [0.29, 0.717) is 5.84 Å². The molecule has 1 aromatic carbocycles. The normalized spacial score (nSPS) is 11.6. The number of nitrogens with zero attached hydrogens (tertiary/aromatic N) is 1. The van der Waals surface area contributed by atoms with E-state index in [1.165, 1.54) is 0 Å². The largest absolute Gasteiger partial charge is 0.384 e. The smallest absolute Gasteiger partial charge is 0.125 e. The summed E-state index contributed by atoms with van der Waals surface area (Å²) in [4.78, 5) is 3.87. The molecular formula is C8H9BrN2. The molecule has 0 aromatic heterocycles. The summed E-state index contributed by atoms with van der Waals surface area (Å²) in [7, 11) is 1.68. The Hall–Kier alpha value is -0.830. The summed E-state index contributed by atoms with van der Waals surface area (Å²) in [5, 5.41) is 0. The van der Waals surface area contributed by atoms with Gasteiger partial charge in [-0.25, -0.2) is 0 Å². The molecule has 0 aliphatic heterocycles. The van der Waals surface area contributed by atoms with Crippen LogP contribution in [-0.4, -0.2) is 12.9 Å². The van der Waals surface area contributed by atoms with Gasteiger partial charge in [-0.05, 0) is 12.1 Å². The Bertz CT molecular complexity index is 264. The van der Waals surface area contributed by atoms with E-state index in [0.717, 1.165) is 10.0 Å². The fourth-order valence-electron chi connectivity index (χ4n) is 0.750. The molecule has 0 saturated heterocycles. The molecule has 0 saturated carbocycles. The van der Waals surface area contributed by atoms with Gasteiger partial charge in [0.15, 0.2) is 0 Å². The Balaban J connectivity index is 2.99. The van der Waals surface area contributed by atoms with E-state index in [9.17, 15) is 0 Å². The van der Waals surface area contributed by atoms with Gasteiger partial charge >= 0.3 is 0 Å². The second-order valence-corrected chi connectivity index (χ2v) is 3.03. The van der Waals surface area contributed by atoms with Crippen LogP contribution in [0.1, 0.15) is 5.56 Å². The first kappa shape index (κ1) is 8.27. The number of nitrogens with two attached hydrogens (primary N) is 1. The number of halogens is 1. The molecule has 3 heteroatoms. The van der Waals surface area contributed by atoms with E-state index in [-0.39, 0.29) is 0 Å². The summed E-state index contributed by atoms with van der Waals surface area (Å²) in [6.45, 7) is 0. The molecule has 1 aromatic rings. The van der Waals surface area contributed by atoms with E-state index >= 15 is 0 Å². The van der Waals surface area contributed by atoms with Gasteiger partial charge in [-0.1, -0.05) is 28.1 Å². The van der Waals surface area contributed by atoms with Crippen molar-refractivity contribution in [3.05, 3.63) is 34.3 Å². The molecule has 0 atom stereocenters. The lowest BCUT2D eigenvalue weighted by Gasteiger charge is -1.97. The van der Waals surface area contributed by atoms with Gasteiger partial charge in [0.1, 0.15) is 5.84 Å². The molecule has 0 aliphatic carbocycles. The van der Waals surface area contributed by atoms with Crippen LogP contribution in [0.15, 0.2) is 33.7 Å². The van der Waals surface area contributed by atoms with E-state index in [1.807, 2.05) is 24.3 Å². The first-order chi connectivity index (χ1) is 5.24. The highest BCUT2D eigenvalue weighted by atomic mass is 79.9. The molecule has 2 N–H and O–H groups in total. The van der Waals surface area contributed by atoms with Crippen molar-refractivity contribution in [1.82, 2.24) is 0 Å². The van der Waals surface area contributed by atoms with Crippen molar-refractivity contribution in [2.45, 2.75) is 0 Å². The molecule has 0 radical (unpaired) electrons. The lowest BCUT2D eigenvalue weighted by Crippen LogP contribution is -2.12. The maximum absolute atomic E-state index is 5.58. The van der Waals surface area contributed by atoms with Gasteiger partial charge in [-0.2, -0.15) is 0 Å². The second kappa shape index (κ2) is 3.53. The van der Waals surface area contributed by atoms with E-state index in [1.54, 1.807) is 7.05 Å². The minimum Gasteiger partial charge on any atom is -0.384 e. The molecule has 2 nitrogen and oxygen atoms in total. The third kappa shape index (κ3) is 2.05. The summed E-state index contributed by atoms with van der Waals surface area (Å²) in [6, 6.07) is 7.72. The zero-order valence-electron chi connectivity index (χ0n) is 6.21. The van der Waals surface area contributed by atoms with Crippen LogP contribution in [0.3, 0.4) is 0 Å². The van der Waals surface area contributed by atoms with Gasteiger partial charge < -0.3 is 5.73 Å². The van der Waals surface area contributed by atoms with Crippen LogP contribution in [0.4, 0.5) is 0 Å². The number of rotatable bonds is 1. The van der Waals surface area contributed by atoms with Crippen molar-refractivity contribution >= 4 is 21.8 Å². The van der Waals surface area contributed by atoms with Crippen LogP contribution in [0.25, 0.3) is 0 Å². The number of hydrogen-bond donors (Lipinski definition) is 1. The maximum Gasteiger partial charge on any atom is 0.125 e. The molecule has 0 unspecified atom stereocenters. The van der Waals surface area contributed by atoms with Crippen molar-refractivity contribution < 1.29 is 0 Å². The number of amidine groups is 1. The number of hydrogen-bond acceptors (Lipinski definition) is 1. The fraction of sp³-hybridized carbons (Fsp3) is 0.125. The van der Waals surface area contributed by atoms with Gasteiger partial charge in [0, 0.05) is 17.1 Å². The molecule has 0 spiro atoms. The minimum absolute atomic E-state index is 0.567. The van der Waals surface area contributed by atoms with Crippen LogP contribution in [-0.2, 0) is 0 Å². The predicted octanol–water partition coefficient (Wildman–Crippen LogP) is 1.78. The average molecular weight is 213 g/mol. The minimum atomic E-state index is 0.567. The van der Waals surface area contributed by atoms with Crippen molar-refractivity contribution in [3.8, 4) is 0 Å². The van der Waals surface area contributed by atoms with Gasteiger partial charge in [0.2, 0.25) is 0 Å². The van der Waals surface area contributed by atoms with Gasteiger partial charge in [-0.3, -0.25) is 4.99 Å². The topological polar surface area (TPSA) is 38.4 Å². The Labute approximate surface area is 74.3 Å². The summed E-state index contributed by atoms with van der Waals surface area (Å²) < 4.78 is 1.05. The Morgan fingerprint density at radius 2 is 1.91 bits per heavy atom. The third-order valence-electron chi connectivity index (χ3n) is 1.38. The third-order valence-corrected chi connectivity index (χ3v) is 1.91. The molecule has 58 valence electrons. The van der Waals surface area contributed by atoms with Crippen LogP contribution in [0, 0.1) is 0 Å². The van der Waals surface area contributed by atoms with Crippen LogP contribution in [0.5, 0.6) is 0 Å². The number of aliphatic imine (C=N–C) groups is 1. The van der Waals surface area contributed by atoms with Gasteiger partial charge in [0.05, 0.1) is 0 Å². The predicted molar refractivity (Wildman–Crippen MR) is 50.8 cm³/mol. The maximum atomic E-state index is 5.58. The molecule has 0 amide bonds. The van der Waals surface area contributed by atoms with Gasteiger partial charge in [0.25, 0.3) is 0 Å². The Morgan fingerprint density at radius 3 is 2.36 bits per heavy atom. The molecule has 1 rings (SSSR count). The van der Waals surface area contributed by atoms with E-state index in [4.69, 9.17) is 5.73 Å². The molecule has 0 heterocycles. The van der Waals surface area contributed by atoms with Crippen molar-refractivity contribution in [1.29, 1.82) is 0 Å². The molecule has 0 fully saturated rings. The quantitative estimate of drug-likeness (QED) is 0.560. The SMILES string of the molecule is CN=C(N)c1ccc(Br)cc1. The van der Waals surface area contributed by atoms with Gasteiger partial charge in [-0.15, -0.1) is 0 Å². The molecule has 0 bridgehead atoms. The summed E-state index contributed by atoms with van der Waals surface area (Å²) >= 11 is 3.34. The lowest BCUT2D eigenvalue weighted by molar-refractivity contribution is 1.39. The Kier molecular flexibility index (Phi) is 2.65. The molecule has 0 aliphatic rings. The van der Waals surface area contributed by atoms with E-state index < -0.39 is 0 Å². The Morgan fingerprint density at radius 1 is 1.36 bits per heavy atom.